The monoisotopic (exact) mass is 215 g/mol. The lowest BCUT2D eigenvalue weighted by Crippen LogP contribution is -1.95. The van der Waals surface area contributed by atoms with E-state index in [0.29, 0.717) is 12.0 Å². The molecule has 0 aliphatic rings. The number of hydrogen-bond donors (Lipinski definition) is 0. The summed E-state index contributed by atoms with van der Waals surface area (Å²) in [7, 11) is 1.61. The molecule has 0 aliphatic carbocycles. The predicted molar refractivity (Wildman–Crippen MR) is 61.0 cm³/mol. The van der Waals surface area contributed by atoms with Crippen molar-refractivity contribution in [1.29, 1.82) is 0 Å². The summed E-state index contributed by atoms with van der Waals surface area (Å²) in [5.41, 5.74) is 1.64. The first kappa shape index (κ1) is 10.7. The van der Waals surface area contributed by atoms with E-state index in [-0.39, 0.29) is 5.82 Å². The molecule has 0 heterocycles. The zero-order valence-corrected chi connectivity index (χ0v) is 9.03. The van der Waals surface area contributed by atoms with E-state index in [0.717, 1.165) is 11.3 Å². The van der Waals surface area contributed by atoms with Gasteiger partial charge in [0.1, 0.15) is 11.6 Å². The Bertz CT molecular complexity index is 480. The summed E-state index contributed by atoms with van der Waals surface area (Å²) in [6.45, 7) is 0. The van der Waals surface area contributed by atoms with Gasteiger partial charge in [-0.25, -0.2) is 4.39 Å². The van der Waals surface area contributed by atoms with Crippen molar-refractivity contribution >= 4 is 0 Å². The average molecular weight is 215 g/mol. The summed E-state index contributed by atoms with van der Waals surface area (Å²) in [5.74, 6) is 0.558. The summed E-state index contributed by atoms with van der Waals surface area (Å²) in [6, 6.07) is 15.2. The van der Waals surface area contributed by atoms with Crippen LogP contribution in [-0.2, 0) is 6.42 Å². The highest BCUT2D eigenvalue weighted by molar-refractivity contribution is 5.37. The van der Waals surface area contributed by atoms with Gasteiger partial charge in [-0.3, -0.25) is 0 Å². The van der Waals surface area contributed by atoms with Gasteiger partial charge in [-0.1, -0.05) is 30.3 Å². The second-order valence-corrected chi connectivity index (χ2v) is 3.51. The number of hydrogen-bond acceptors (Lipinski definition) is 1. The molecular formula is C14H12FO. The highest BCUT2D eigenvalue weighted by atomic mass is 19.1. The van der Waals surface area contributed by atoms with E-state index < -0.39 is 0 Å². The molecule has 0 fully saturated rings. The Hall–Kier alpha value is -1.83. The number of halogens is 1. The SMILES string of the molecule is COc1c[c]ccc1Cc1ccccc1F. The van der Waals surface area contributed by atoms with E-state index in [1.807, 2.05) is 12.1 Å². The zero-order valence-electron chi connectivity index (χ0n) is 9.03. The smallest absolute Gasteiger partial charge is 0.126 e. The Morgan fingerprint density at radius 3 is 2.75 bits per heavy atom. The van der Waals surface area contributed by atoms with Gasteiger partial charge < -0.3 is 4.74 Å². The first-order valence-electron chi connectivity index (χ1n) is 5.07. The van der Waals surface area contributed by atoms with Crippen molar-refractivity contribution in [3.63, 3.8) is 0 Å². The first-order chi connectivity index (χ1) is 7.81. The van der Waals surface area contributed by atoms with Crippen LogP contribution in [0.25, 0.3) is 0 Å². The van der Waals surface area contributed by atoms with Crippen molar-refractivity contribution in [3.8, 4) is 5.75 Å². The van der Waals surface area contributed by atoms with Crippen molar-refractivity contribution in [2.24, 2.45) is 0 Å². The first-order valence-corrected chi connectivity index (χ1v) is 5.07. The van der Waals surface area contributed by atoms with Gasteiger partial charge in [-0.15, -0.1) is 0 Å². The molecule has 0 unspecified atom stereocenters. The van der Waals surface area contributed by atoms with E-state index in [1.165, 1.54) is 6.07 Å². The molecule has 0 aromatic heterocycles. The van der Waals surface area contributed by atoms with Crippen LogP contribution in [0.15, 0.2) is 42.5 Å². The van der Waals surface area contributed by atoms with Crippen LogP contribution in [0, 0.1) is 11.9 Å². The Kier molecular flexibility index (Phi) is 3.20. The normalized spacial score (nSPS) is 10.1. The zero-order chi connectivity index (χ0) is 11.4. The maximum atomic E-state index is 13.5. The Balaban J connectivity index is 2.30. The highest BCUT2D eigenvalue weighted by Gasteiger charge is 2.06. The van der Waals surface area contributed by atoms with Crippen LogP contribution in [0.3, 0.4) is 0 Å². The van der Waals surface area contributed by atoms with Crippen LogP contribution in [0.4, 0.5) is 4.39 Å². The molecule has 0 saturated carbocycles. The van der Waals surface area contributed by atoms with Crippen LogP contribution in [0.1, 0.15) is 11.1 Å². The minimum Gasteiger partial charge on any atom is -0.496 e. The molecule has 0 aliphatic heterocycles. The molecule has 81 valence electrons. The average Bonchev–Trinajstić information content (AvgIpc) is 2.33. The van der Waals surface area contributed by atoms with E-state index >= 15 is 0 Å². The van der Waals surface area contributed by atoms with Gasteiger partial charge in [0.15, 0.2) is 0 Å². The molecule has 1 radical (unpaired) electrons. The third kappa shape index (κ3) is 2.22. The van der Waals surface area contributed by atoms with Crippen LogP contribution < -0.4 is 4.74 Å². The van der Waals surface area contributed by atoms with Crippen molar-refractivity contribution < 1.29 is 9.13 Å². The quantitative estimate of drug-likeness (QED) is 0.763. The fourth-order valence-electron chi connectivity index (χ4n) is 1.63. The molecule has 2 rings (SSSR count). The predicted octanol–water partition coefficient (Wildman–Crippen LogP) is 3.23. The van der Waals surface area contributed by atoms with Crippen molar-refractivity contribution in [2.75, 3.05) is 7.11 Å². The highest BCUT2D eigenvalue weighted by Crippen LogP contribution is 2.21. The lowest BCUT2D eigenvalue weighted by Gasteiger charge is -2.08. The van der Waals surface area contributed by atoms with Gasteiger partial charge in [0, 0.05) is 6.42 Å². The molecular weight excluding hydrogens is 203 g/mol. The molecule has 0 amide bonds. The fraction of sp³-hybridized carbons (Fsp3) is 0.143. The lowest BCUT2D eigenvalue weighted by molar-refractivity contribution is 0.410. The van der Waals surface area contributed by atoms with Crippen molar-refractivity contribution in [3.05, 3.63) is 65.5 Å². The molecule has 0 atom stereocenters. The third-order valence-corrected chi connectivity index (χ3v) is 2.47. The minimum absolute atomic E-state index is 0.183. The van der Waals surface area contributed by atoms with Crippen LogP contribution in [0.5, 0.6) is 5.75 Å². The van der Waals surface area contributed by atoms with E-state index in [1.54, 1.807) is 31.4 Å². The Morgan fingerprint density at radius 1 is 1.19 bits per heavy atom. The molecule has 16 heavy (non-hydrogen) atoms. The second kappa shape index (κ2) is 4.79. The molecule has 1 nitrogen and oxygen atoms in total. The van der Waals surface area contributed by atoms with Gasteiger partial charge in [0.2, 0.25) is 0 Å². The Labute approximate surface area is 94.5 Å². The van der Waals surface area contributed by atoms with Crippen LogP contribution in [0.2, 0.25) is 0 Å². The summed E-state index contributed by atoms with van der Waals surface area (Å²) in [4.78, 5) is 0. The molecule has 0 saturated heterocycles. The fourth-order valence-corrected chi connectivity index (χ4v) is 1.63. The third-order valence-electron chi connectivity index (χ3n) is 2.47. The summed E-state index contributed by atoms with van der Waals surface area (Å²) in [5, 5.41) is 0. The molecule has 2 aromatic carbocycles. The minimum atomic E-state index is -0.183. The van der Waals surface area contributed by atoms with Gasteiger partial charge in [0.25, 0.3) is 0 Å². The molecule has 0 bridgehead atoms. The second-order valence-electron chi connectivity index (χ2n) is 3.51. The van der Waals surface area contributed by atoms with Crippen LogP contribution in [-0.4, -0.2) is 7.11 Å². The standard InChI is InChI=1S/C14H12FO/c1-16-14-9-5-3-7-12(14)10-11-6-2-4-8-13(11)15/h2-4,6-9H,10H2,1H3. The summed E-state index contributed by atoms with van der Waals surface area (Å²) >= 11 is 0. The largest absolute Gasteiger partial charge is 0.496 e. The summed E-state index contributed by atoms with van der Waals surface area (Å²) in [6.07, 6.45) is 0.532. The van der Waals surface area contributed by atoms with Crippen LogP contribution >= 0.6 is 0 Å². The van der Waals surface area contributed by atoms with E-state index in [9.17, 15) is 4.39 Å². The maximum Gasteiger partial charge on any atom is 0.126 e. The Morgan fingerprint density at radius 2 is 2.00 bits per heavy atom. The van der Waals surface area contributed by atoms with Crippen molar-refractivity contribution in [2.45, 2.75) is 6.42 Å². The van der Waals surface area contributed by atoms with Gasteiger partial charge in [-0.2, -0.15) is 0 Å². The van der Waals surface area contributed by atoms with E-state index in [2.05, 4.69) is 6.07 Å². The topological polar surface area (TPSA) is 9.23 Å². The number of benzene rings is 2. The molecule has 2 aromatic rings. The van der Waals surface area contributed by atoms with Gasteiger partial charge in [0.05, 0.1) is 7.11 Å². The maximum absolute atomic E-state index is 13.5. The van der Waals surface area contributed by atoms with Crippen molar-refractivity contribution in [1.82, 2.24) is 0 Å². The summed E-state index contributed by atoms with van der Waals surface area (Å²) < 4.78 is 18.7. The molecule has 0 N–H and O–H groups in total. The lowest BCUT2D eigenvalue weighted by atomic mass is 10.0. The van der Waals surface area contributed by atoms with E-state index in [4.69, 9.17) is 4.74 Å². The number of rotatable bonds is 3. The van der Waals surface area contributed by atoms with Gasteiger partial charge >= 0.3 is 0 Å². The molecule has 2 heteroatoms. The van der Waals surface area contributed by atoms with Gasteiger partial charge in [-0.05, 0) is 29.3 Å². The number of ether oxygens (including phenoxy) is 1. The molecule has 0 spiro atoms. The number of methoxy groups -OCH3 is 1.